The normalized spacial score (nSPS) is 24.7. The lowest BCUT2D eigenvalue weighted by molar-refractivity contribution is 0.0774. The van der Waals surface area contributed by atoms with Gasteiger partial charge in [0.05, 0.1) is 11.6 Å². The van der Waals surface area contributed by atoms with Gasteiger partial charge in [-0.15, -0.1) is 0 Å². The Morgan fingerprint density at radius 3 is 2.80 bits per heavy atom. The maximum Gasteiger partial charge on any atom is 0.221 e. The summed E-state index contributed by atoms with van der Waals surface area (Å²) in [5.41, 5.74) is 5.31. The Kier molecular flexibility index (Phi) is 4.45. The third-order valence-corrected chi connectivity index (χ3v) is 4.71. The van der Waals surface area contributed by atoms with Crippen molar-refractivity contribution in [2.45, 2.75) is 31.1 Å². The van der Waals surface area contributed by atoms with E-state index in [1.807, 2.05) is 0 Å². The molecular weight excluding hydrogens is 236 g/mol. The van der Waals surface area contributed by atoms with E-state index in [1.165, 1.54) is 6.92 Å². The molecule has 2 atom stereocenters. The Morgan fingerprint density at radius 2 is 2.33 bits per heavy atom. The minimum Gasteiger partial charge on any atom is -0.392 e. The van der Waals surface area contributed by atoms with E-state index in [0.29, 0.717) is 13.2 Å². The molecule has 0 aromatic heterocycles. The standard InChI is InChI=1S/C8H16N2O3S2/c1-6(8(9)14)15(11,12)10-7-3-2-4-13-5-7/h6-7,10H,2-5H2,1H3,(H2,9,14). The van der Waals surface area contributed by atoms with Gasteiger partial charge in [0, 0.05) is 12.6 Å². The average molecular weight is 252 g/mol. The summed E-state index contributed by atoms with van der Waals surface area (Å²) in [5.74, 6) is 0. The summed E-state index contributed by atoms with van der Waals surface area (Å²) in [7, 11) is -3.46. The first kappa shape index (κ1) is 12.8. The Morgan fingerprint density at radius 1 is 1.67 bits per heavy atom. The van der Waals surface area contributed by atoms with E-state index in [0.717, 1.165) is 12.8 Å². The summed E-state index contributed by atoms with van der Waals surface area (Å²) >= 11 is 4.66. The van der Waals surface area contributed by atoms with Gasteiger partial charge in [0.2, 0.25) is 10.0 Å². The van der Waals surface area contributed by atoms with E-state index in [1.54, 1.807) is 0 Å². The predicted octanol–water partition coefficient (Wildman–Crippen LogP) is -0.241. The largest absolute Gasteiger partial charge is 0.392 e. The molecule has 1 aliphatic heterocycles. The molecule has 0 aromatic carbocycles. The Labute approximate surface area is 95.4 Å². The molecule has 1 fully saturated rings. The molecule has 5 nitrogen and oxygen atoms in total. The fraction of sp³-hybridized carbons (Fsp3) is 0.875. The predicted molar refractivity (Wildman–Crippen MR) is 62.1 cm³/mol. The van der Waals surface area contributed by atoms with E-state index >= 15 is 0 Å². The minimum atomic E-state index is -3.46. The Balaban J connectivity index is 2.58. The highest BCUT2D eigenvalue weighted by Gasteiger charge is 2.27. The lowest BCUT2D eigenvalue weighted by Gasteiger charge is -2.24. The summed E-state index contributed by atoms with van der Waals surface area (Å²) < 4.78 is 31.1. The third kappa shape index (κ3) is 3.67. The summed E-state index contributed by atoms with van der Waals surface area (Å²) in [6.45, 7) is 2.60. The molecule has 0 spiro atoms. The van der Waals surface area contributed by atoms with Crippen molar-refractivity contribution in [1.82, 2.24) is 4.72 Å². The first-order valence-electron chi connectivity index (χ1n) is 4.81. The van der Waals surface area contributed by atoms with Crippen molar-refractivity contribution in [3.63, 3.8) is 0 Å². The quantitative estimate of drug-likeness (QED) is 0.675. The van der Waals surface area contributed by atoms with Crippen LogP contribution >= 0.6 is 12.2 Å². The number of thiocarbonyl (C=S) groups is 1. The van der Waals surface area contributed by atoms with Crippen LogP contribution < -0.4 is 10.5 Å². The third-order valence-electron chi connectivity index (χ3n) is 2.36. The first-order chi connectivity index (χ1) is 6.93. The number of sulfonamides is 1. The maximum absolute atomic E-state index is 11.7. The molecule has 0 bridgehead atoms. The molecule has 0 amide bonds. The zero-order chi connectivity index (χ0) is 11.5. The van der Waals surface area contributed by atoms with Gasteiger partial charge in [-0.2, -0.15) is 0 Å². The van der Waals surface area contributed by atoms with Gasteiger partial charge < -0.3 is 10.5 Å². The number of nitrogens with one attached hydrogen (secondary N) is 1. The molecule has 88 valence electrons. The minimum absolute atomic E-state index is 0.0146. The molecular formula is C8H16N2O3S2. The monoisotopic (exact) mass is 252 g/mol. The zero-order valence-corrected chi connectivity index (χ0v) is 10.2. The second-order valence-electron chi connectivity index (χ2n) is 3.62. The number of nitrogens with two attached hydrogens (primary N) is 1. The van der Waals surface area contributed by atoms with Crippen molar-refractivity contribution in [2.24, 2.45) is 5.73 Å². The fourth-order valence-corrected chi connectivity index (χ4v) is 2.86. The molecule has 15 heavy (non-hydrogen) atoms. The van der Waals surface area contributed by atoms with Crippen molar-refractivity contribution >= 4 is 27.2 Å². The highest BCUT2D eigenvalue weighted by molar-refractivity contribution is 7.93. The molecule has 1 saturated heterocycles. The van der Waals surface area contributed by atoms with Crippen LogP contribution in [0.15, 0.2) is 0 Å². The number of ether oxygens (including phenoxy) is 1. The molecule has 3 N–H and O–H groups in total. The Hall–Kier alpha value is -0.240. The molecule has 0 aliphatic carbocycles. The maximum atomic E-state index is 11.7. The molecule has 1 aliphatic rings. The SMILES string of the molecule is CC(C(N)=S)S(=O)(=O)NC1CCCOC1. The summed E-state index contributed by atoms with van der Waals surface area (Å²) in [6, 6.07) is -0.152. The first-order valence-corrected chi connectivity index (χ1v) is 6.77. The van der Waals surface area contributed by atoms with Crippen LogP contribution in [0.5, 0.6) is 0 Å². The van der Waals surface area contributed by atoms with Crippen molar-refractivity contribution in [3.05, 3.63) is 0 Å². The zero-order valence-electron chi connectivity index (χ0n) is 8.60. The lowest BCUT2D eigenvalue weighted by atomic mass is 10.1. The van der Waals surface area contributed by atoms with Crippen LogP contribution in [-0.4, -0.2) is 37.9 Å². The van der Waals surface area contributed by atoms with E-state index in [-0.39, 0.29) is 11.0 Å². The summed E-state index contributed by atoms with van der Waals surface area (Å²) in [4.78, 5) is -0.0146. The van der Waals surface area contributed by atoms with Gasteiger partial charge in [-0.25, -0.2) is 13.1 Å². The second-order valence-corrected chi connectivity index (χ2v) is 6.13. The van der Waals surface area contributed by atoms with E-state index in [9.17, 15) is 8.42 Å². The molecule has 1 rings (SSSR count). The fourth-order valence-electron chi connectivity index (χ4n) is 1.32. The van der Waals surface area contributed by atoms with Gasteiger partial charge in [-0.05, 0) is 19.8 Å². The van der Waals surface area contributed by atoms with Crippen molar-refractivity contribution in [3.8, 4) is 0 Å². The van der Waals surface area contributed by atoms with Crippen LogP contribution in [0.4, 0.5) is 0 Å². The molecule has 1 heterocycles. The summed E-state index contributed by atoms with van der Waals surface area (Å²) in [5, 5.41) is -0.838. The van der Waals surface area contributed by atoms with Crippen LogP contribution in [0.25, 0.3) is 0 Å². The van der Waals surface area contributed by atoms with Crippen molar-refractivity contribution in [1.29, 1.82) is 0 Å². The van der Waals surface area contributed by atoms with Crippen LogP contribution in [0.1, 0.15) is 19.8 Å². The van der Waals surface area contributed by atoms with Gasteiger partial charge in [0.1, 0.15) is 5.25 Å². The number of rotatable bonds is 4. The summed E-state index contributed by atoms with van der Waals surface area (Å²) in [6.07, 6.45) is 1.66. The van der Waals surface area contributed by atoms with Crippen LogP contribution in [0.2, 0.25) is 0 Å². The average Bonchev–Trinajstić information content (AvgIpc) is 2.17. The van der Waals surface area contributed by atoms with Crippen LogP contribution in [-0.2, 0) is 14.8 Å². The number of hydrogen-bond acceptors (Lipinski definition) is 4. The highest BCUT2D eigenvalue weighted by atomic mass is 32.2. The van der Waals surface area contributed by atoms with Crippen LogP contribution in [0, 0.1) is 0 Å². The van der Waals surface area contributed by atoms with E-state index in [2.05, 4.69) is 16.9 Å². The van der Waals surface area contributed by atoms with Gasteiger partial charge >= 0.3 is 0 Å². The van der Waals surface area contributed by atoms with E-state index in [4.69, 9.17) is 10.5 Å². The molecule has 0 radical (unpaired) electrons. The van der Waals surface area contributed by atoms with Crippen molar-refractivity contribution in [2.75, 3.05) is 13.2 Å². The smallest absolute Gasteiger partial charge is 0.221 e. The highest BCUT2D eigenvalue weighted by Crippen LogP contribution is 2.09. The topological polar surface area (TPSA) is 81.4 Å². The lowest BCUT2D eigenvalue weighted by Crippen LogP contribution is -2.47. The molecule has 7 heteroatoms. The number of hydrogen-bond donors (Lipinski definition) is 2. The van der Waals surface area contributed by atoms with Gasteiger partial charge in [0.15, 0.2) is 0 Å². The molecule has 2 unspecified atom stereocenters. The molecule has 0 saturated carbocycles. The van der Waals surface area contributed by atoms with Gasteiger partial charge in [-0.1, -0.05) is 12.2 Å². The Bertz CT molecular complexity index is 323. The molecule has 0 aromatic rings. The van der Waals surface area contributed by atoms with Crippen LogP contribution in [0.3, 0.4) is 0 Å². The second kappa shape index (κ2) is 5.20. The van der Waals surface area contributed by atoms with Crippen molar-refractivity contribution < 1.29 is 13.2 Å². The van der Waals surface area contributed by atoms with Gasteiger partial charge in [0.25, 0.3) is 0 Å². The van der Waals surface area contributed by atoms with E-state index < -0.39 is 15.3 Å². The van der Waals surface area contributed by atoms with Gasteiger partial charge in [-0.3, -0.25) is 0 Å².